The van der Waals surface area contributed by atoms with Gasteiger partial charge in [0, 0.05) is 12.5 Å². The monoisotopic (exact) mass is 212 g/mol. The number of nitrogens with zero attached hydrogens (tertiary/aromatic N) is 1. The largest absolute Gasteiger partial charge is 0.396 e. The molecule has 0 aromatic rings. The molecule has 3 atom stereocenters. The summed E-state index contributed by atoms with van der Waals surface area (Å²) in [6.07, 6.45) is 9.40. The summed E-state index contributed by atoms with van der Waals surface area (Å²) in [5.74, 6) is 0.899. The maximum atomic E-state index is 8.95. The average Bonchev–Trinajstić information content (AvgIpc) is 2.25. The fraction of sp³-hybridized carbons (Fsp3) is 1.00. The van der Waals surface area contributed by atoms with Gasteiger partial charge in [-0.25, -0.2) is 0 Å². The van der Waals surface area contributed by atoms with E-state index in [0.717, 1.165) is 18.4 Å². The molecule has 0 spiro atoms. The quantitative estimate of drug-likeness (QED) is 0.711. The van der Waals surface area contributed by atoms with Crippen molar-refractivity contribution in [1.82, 2.24) is 0 Å². The van der Waals surface area contributed by atoms with Crippen LogP contribution in [0.4, 0.5) is 0 Å². The van der Waals surface area contributed by atoms with Gasteiger partial charge in [0.15, 0.2) is 0 Å². The van der Waals surface area contributed by atoms with Gasteiger partial charge in [0.25, 0.3) is 0 Å². The summed E-state index contributed by atoms with van der Waals surface area (Å²) in [6, 6.07) is 0.916. The Balaban J connectivity index is 1.99. The third kappa shape index (κ3) is 2.36. The van der Waals surface area contributed by atoms with Gasteiger partial charge in [-0.05, 0) is 44.9 Å². The predicted molar refractivity (Wildman–Crippen MR) is 62.6 cm³/mol. The van der Waals surface area contributed by atoms with Crippen LogP contribution in [-0.4, -0.2) is 42.4 Å². The van der Waals surface area contributed by atoms with Gasteiger partial charge in [-0.2, -0.15) is 0 Å². The highest BCUT2D eigenvalue weighted by Gasteiger charge is 2.42. The van der Waals surface area contributed by atoms with Gasteiger partial charge in [-0.15, -0.1) is 0 Å². The van der Waals surface area contributed by atoms with E-state index in [4.69, 9.17) is 5.11 Å². The summed E-state index contributed by atoms with van der Waals surface area (Å²) >= 11 is 0. The highest BCUT2D eigenvalue weighted by molar-refractivity contribution is 4.78. The van der Waals surface area contributed by atoms with Gasteiger partial charge in [-0.1, -0.05) is 0 Å². The molecule has 0 amide bonds. The molecule has 2 fully saturated rings. The molecule has 2 aliphatic rings. The topological polar surface area (TPSA) is 20.2 Å². The molecule has 2 saturated heterocycles. The molecular formula is C13H26NO+. The number of rotatable bonds is 3. The second-order valence-electron chi connectivity index (χ2n) is 5.76. The zero-order chi connectivity index (χ0) is 10.7. The van der Waals surface area contributed by atoms with Crippen molar-refractivity contribution >= 4 is 0 Å². The Morgan fingerprint density at radius 2 is 1.93 bits per heavy atom. The number of quaternary nitrogens is 1. The minimum atomic E-state index is 0.382. The molecule has 0 bridgehead atoms. The number of piperidine rings is 2. The van der Waals surface area contributed by atoms with Crippen molar-refractivity contribution in [3.05, 3.63) is 0 Å². The number of hydrogen-bond acceptors (Lipinski definition) is 1. The van der Waals surface area contributed by atoms with Crippen molar-refractivity contribution in [2.24, 2.45) is 5.92 Å². The van der Waals surface area contributed by atoms with Crippen molar-refractivity contribution in [1.29, 1.82) is 0 Å². The Kier molecular flexibility index (Phi) is 3.68. The Morgan fingerprint density at radius 1 is 1.13 bits per heavy atom. The van der Waals surface area contributed by atoms with Crippen molar-refractivity contribution < 1.29 is 9.59 Å². The number of fused-ring (bicyclic) bond motifs is 1. The lowest BCUT2D eigenvalue weighted by Crippen LogP contribution is -2.60. The van der Waals surface area contributed by atoms with Crippen LogP contribution in [0.2, 0.25) is 0 Å². The number of aliphatic hydroxyl groups excluding tert-OH is 1. The van der Waals surface area contributed by atoms with E-state index in [1.54, 1.807) is 0 Å². The van der Waals surface area contributed by atoms with E-state index in [1.807, 2.05) is 0 Å². The van der Waals surface area contributed by atoms with Crippen LogP contribution >= 0.6 is 0 Å². The van der Waals surface area contributed by atoms with Crippen molar-refractivity contribution in [3.8, 4) is 0 Å². The van der Waals surface area contributed by atoms with Gasteiger partial charge >= 0.3 is 0 Å². The van der Waals surface area contributed by atoms with Crippen LogP contribution in [-0.2, 0) is 0 Å². The third-order valence-corrected chi connectivity index (χ3v) is 4.74. The molecule has 2 aliphatic heterocycles. The van der Waals surface area contributed by atoms with Crippen LogP contribution in [0.3, 0.4) is 0 Å². The molecule has 0 aromatic heterocycles. The summed E-state index contributed by atoms with van der Waals surface area (Å²) in [7, 11) is 2.47. The summed E-state index contributed by atoms with van der Waals surface area (Å²) in [5.41, 5.74) is 0. The molecule has 88 valence electrons. The fourth-order valence-electron chi connectivity index (χ4n) is 3.92. The smallest absolute Gasteiger partial charge is 0.0916 e. The van der Waals surface area contributed by atoms with Crippen molar-refractivity contribution in [2.45, 2.75) is 51.0 Å². The molecular weight excluding hydrogens is 186 g/mol. The van der Waals surface area contributed by atoms with Gasteiger partial charge < -0.3 is 9.59 Å². The van der Waals surface area contributed by atoms with Crippen LogP contribution in [0.1, 0.15) is 44.9 Å². The molecule has 0 saturated carbocycles. The lowest BCUT2D eigenvalue weighted by atomic mass is 9.79. The van der Waals surface area contributed by atoms with E-state index >= 15 is 0 Å². The molecule has 2 heterocycles. The van der Waals surface area contributed by atoms with Crippen LogP contribution < -0.4 is 0 Å². The minimum absolute atomic E-state index is 0.382. The summed E-state index contributed by atoms with van der Waals surface area (Å²) in [5, 5.41) is 8.95. The van der Waals surface area contributed by atoms with E-state index in [0.29, 0.717) is 6.61 Å². The van der Waals surface area contributed by atoms with Crippen molar-refractivity contribution in [2.75, 3.05) is 26.7 Å². The van der Waals surface area contributed by atoms with Crippen LogP contribution in [0.15, 0.2) is 0 Å². The Hall–Kier alpha value is -0.0800. The maximum absolute atomic E-state index is 8.95. The van der Waals surface area contributed by atoms with Gasteiger partial charge in [-0.3, -0.25) is 0 Å². The first kappa shape index (κ1) is 11.4. The highest BCUT2D eigenvalue weighted by Crippen LogP contribution is 2.37. The van der Waals surface area contributed by atoms with Gasteiger partial charge in [0.05, 0.1) is 26.2 Å². The summed E-state index contributed by atoms with van der Waals surface area (Å²) in [4.78, 5) is 0. The second kappa shape index (κ2) is 4.84. The normalized spacial score (nSPS) is 41.2. The molecule has 1 N–H and O–H groups in total. The first-order valence-electron chi connectivity index (χ1n) is 6.71. The number of hydrogen-bond donors (Lipinski definition) is 1. The van der Waals surface area contributed by atoms with Crippen LogP contribution in [0.25, 0.3) is 0 Å². The molecule has 2 heteroatoms. The van der Waals surface area contributed by atoms with E-state index in [1.165, 1.54) is 56.1 Å². The van der Waals surface area contributed by atoms with E-state index in [2.05, 4.69) is 7.05 Å². The molecule has 0 aromatic carbocycles. The minimum Gasteiger partial charge on any atom is -0.396 e. The zero-order valence-corrected chi connectivity index (χ0v) is 10.1. The molecule has 2 nitrogen and oxygen atoms in total. The lowest BCUT2D eigenvalue weighted by Gasteiger charge is -2.51. The van der Waals surface area contributed by atoms with E-state index in [-0.39, 0.29) is 0 Å². The van der Waals surface area contributed by atoms with E-state index in [9.17, 15) is 0 Å². The molecule has 0 unspecified atom stereocenters. The SMILES string of the molecule is C[N@@+]12CCCC[C@H]1[C@@H](CCCO)CCC2. The maximum Gasteiger partial charge on any atom is 0.0916 e. The molecule has 2 rings (SSSR count). The predicted octanol–water partition coefficient (Wildman–Crippen LogP) is 2.17. The Labute approximate surface area is 93.9 Å². The zero-order valence-electron chi connectivity index (χ0n) is 10.1. The number of aliphatic hydroxyl groups is 1. The molecule has 0 aliphatic carbocycles. The van der Waals surface area contributed by atoms with E-state index < -0.39 is 0 Å². The first-order chi connectivity index (χ1) is 7.26. The summed E-state index contributed by atoms with van der Waals surface area (Å²) in [6.45, 7) is 3.19. The average molecular weight is 212 g/mol. The third-order valence-electron chi connectivity index (χ3n) is 4.74. The van der Waals surface area contributed by atoms with Crippen LogP contribution in [0.5, 0.6) is 0 Å². The van der Waals surface area contributed by atoms with Gasteiger partial charge in [0.1, 0.15) is 0 Å². The second-order valence-corrected chi connectivity index (χ2v) is 5.76. The molecule has 15 heavy (non-hydrogen) atoms. The van der Waals surface area contributed by atoms with Crippen LogP contribution in [0, 0.1) is 5.92 Å². The summed E-state index contributed by atoms with van der Waals surface area (Å²) < 4.78 is 1.34. The highest BCUT2D eigenvalue weighted by atomic mass is 16.2. The lowest BCUT2D eigenvalue weighted by molar-refractivity contribution is -0.947. The van der Waals surface area contributed by atoms with Crippen molar-refractivity contribution in [3.63, 3.8) is 0 Å². The Morgan fingerprint density at radius 3 is 2.73 bits per heavy atom. The Bertz CT molecular complexity index is 203. The molecule has 0 radical (unpaired) electrons. The standard InChI is InChI=1S/C13H26NO/c1-14-9-3-2-8-13(14)12(6-4-10-14)7-5-11-15/h12-13,15H,2-11H2,1H3/q+1/t12-,13+,14+/m1/s1. The first-order valence-corrected chi connectivity index (χ1v) is 6.71. The van der Waals surface area contributed by atoms with Gasteiger partial charge in [0.2, 0.25) is 0 Å². The fourth-order valence-corrected chi connectivity index (χ4v) is 3.92.